The van der Waals surface area contributed by atoms with Gasteiger partial charge in [-0.05, 0) is 38.6 Å². The fourth-order valence-corrected chi connectivity index (χ4v) is 4.48. The van der Waals surface area contributed by atoms with Crippen LogP contribution < -0.4 is 5.32 Å². The molecule has 4 heteroatoms. The van der Waals surface area contributed by atoms with Crippen LogP contribution >= 0.6 is 0 Å². The van der Waals surface area contributed by atoms with Crippen LogP contribution in [-0.4, -0.2) is 32.0 Å². The van der Waals surface area contributed by atoms with Crippen molar-refractivity contribution < 1.29 is 8.42 Å². The minimum Gasteiger partial charge on any atom is -0.313 e. The van der Waals surface area contributed by atoms with E-state index in [0.29, 0.717) is 11.7 Å². The Balaban J connectivity index is 2.07. The molecule has 2 aliphatic rings. The van der Waals surface area contributed by atoms with E-state index in [1.165, 1.54) is 25.7 Å². The predicted octanol–water partition coefficient (Wildman–Crippen LogP) is 1.34. The molecule has 0 bridgehead atoms. The molecule has 2 atom stereocenters. The maximum atomic E-state index is 11.9. The number of sulfone groups is 1. The molecule has 1 N–H and O–H groups in total. The van der Waals surface area contributed by atoms with E-state index < -0.39 is 9.84 Å². The van der Waals surface area contributed by atoms with Crippen LogP contribution in [0.4, 0.5) is 0 Å². The molecule has 3 nitrogen and oxygen atoms in total. The van der Waals surface area contributed by atoms with Crippen molar-refractivity contribution in [2.24, 2.45) is 5.92 Å². The quantitative estimate of drug-likeness (QED) is 0.741. The van der Waals surface area contributed by atoms with Gasteiger partial charge in [-0.1, -0.05) is 12.8 Å². The number of rotatable bonds is 1. The molecule has 1 saturated heterocycles. The summed E-state index contributed by atoms with van der Waals surface area (Å²) in [5, 5.41) is 3.27. The number of nitrogens with one attached hydrogen (secondary N) is 1. The molecule has 0 radical (unpaired) electrons. The van der Waals surface area contributed by atoms with Crippen LogP contribution in [0.25, 0.3) is 0 Å². The molecule has 0 aromatic carbocycles. The van der Waals surface area contributed by atoms with Gasteiger partial charge in [-0.15, -0.1) is 0 Å². The third-order valence-electron chi connectivity index (χ3n) is 3.95. The van der Waals surface area contributed by atoms with E-state index >= 15 is 0 Å². The number of hydrogen-bond donors (Lipinski definition) is 1. The lowest BCUT2D eigenvalue weighted by Crippen LogP contribution is -2.39. The Hall–Kier alpha value is -0.0900. The Kier molecular flexibility index (Phi) is 3.36. The van der Waals surface area contributed by atoms with Gasteiger partial charge in [0.25, 0.3) is 0 Å². The normalized spacial score (nSPS) is 37.7. The Labute approximate surface area is 92.6 Å². The first-order valence-electron chi connectivity index (χ1n) is 6.04. The highest BCUT2D eigenvalue weighted by molar-refractivity contribution is 7.92. The summed E-state index contributed by atoms with van der Waals surface area (Å²) in [6.45, 7) is 2.70. The molecule has 0 spiro atoms. The van der Waals surface area contributed by atoms with Gasteiger partial charge in [-0.2, -0.15) is 0 Å². The second kappa shape index (κ2) is 4.42. The second-order valence-corrected chi connectivity index (χ2v) is 7.50. The van der Waals surface area contributed by atoms with Crippen LogP contribution in [0.5, 0.6) is 0 Å². The third-order valence-corrected chi connectivity index (χ3v) is 6.24. The standard InChI is InChI=1S/C11H21NO2S/c1-9-6-7-12-11(8-15(9,13)14)10-4-2-3-5-10/h9-12H,2-8H2,1H3. The third kappa shape index (κ3) is 2.53. The van der Waals surface area contributed by atoms with Crippen LogP contribution in [0.1, 0.15) is 39.0 Å². The van der Waals surface area contributed by atoms with Crippen LogP contribution in [-0.2, 0) is 9.84 Å². The van der Waals surface area contributed by atoms with Crippen molar-refractivity contribution in [1.29, 1.82) is 0 Å². The molecular weight excluding hydrogens is 210 g/mol. The molecule has 1 heterocycles. The molecule has 1 aliphatic carbocycles. The lowest BCUT2D eigenvalue weighted by Gasteiger charge is -2.22. The summed E-state index contributed by atoms with van der Waals surface area (Å²) in [5.74, 6) is 0.962. The Morgan fingerprint density at radius 3 is 2.47 bits per heavy atom. The summed E-state index contributed by atoms with van der Waals surface area (Å²) in [4.78, 5) is 0. The van der Waals surface area contributed by atoms with Crippen LogP contribution in [0.2, 0.25) is 0 Å². The summed E-state index contributed by atoms with van der Waals surface area (Å²) >= 11 is 0. The molecule has 15 heavy (non-hydrogen) atoms. The average molecular weight is 231 g/mol. The molecule has 1 aliphatic heterocycles. The zero-order chi connectivity index (χ0) is 10.9. The minimum atomic E-state index is -2.85. The Morgan fingerprint density at radius 2 is 1.80 bits per heavy atom. The maximum absolute atomic E-state index is 11.9. The van der Waals surface area contributed by atoms with Crippen molar-refractivity contribution in [3.05, 3.63) is 0 Å². The van der Waals surface area contributed by atoms with E-state index in [2.05, 4.69) is 5.32 Å². The minimum absolute atomic E-state index is 0.156. The van der Waals surface area contributed by atoms with Crippen molar-refractivity contribution in [3.8, 4) is 0 Å². The van der Waals surface area contributed by atoms with Gasteiger partial charge in [-0.3, -0.25) is 0 Å². The second-order valence-electron chi connectivity index (χ2n) is 5.03. The smallest absolute Gasteiger partial charge is 0.154 e. The van der Waals surface area contributed by atoms with Crippen LogP contribution in [0.3, 0.4) is 0 Å². The fourth-order valence-electron chi connectivity index (χ4n) is 2.79. The molecule has 88 valence electrons. The van der Waals surface area contributed by atoms with Gasteiger partial charge in [0.05, 0.1) is 11.0 Å². The van der Waals surface area contributed by atoms with Gasteiger partial charge in [0.2, 0.25) is 0 Å². The maximum Gasteiger partial charge on any atom is 0.154 e. The highest BCUT2D eigenvalue weighted by Gasteiger charge is 2.33. The highest BCUT2D eigenvalue weighted by atomic mass is 32.2. The van der Waals surface area contributed by atoms with Gasteiger partial charge < -0.3 is 5.32 Å². The lowest BCUT2D eigenvalue weighted by atomic mass is 10.00. The predicted molar refractivity (Wildman–Crippen MR) is 61.6 cm³/mol. The summed E-state index contributed by atoms with van der Waals surface area (Å²) in [6.07, 6.45) is 5.74. The topological polar surface area (TPSA) is 46.2 Å². The molecule has 2 fully saturated rings. The van der Waals surface area contributed by atoms with Crippen molar-refractivity contribution >= 4 is 9.84 Å². The molecular formula is C11H21NO2S. The number of hydrogen-bond acceptors (Lipinski definition) is 3. The summed E-state index contributed by atoms with van der Waals surface area (Å²) in [7, 11) is -2.85. The SMILES string of the molecule is CC1CCNC(C2CCCC2)CS1(=O)=O. The van der Waals surface area contributed by atoms with Gasteiger partial charge in [-0.25, -0.2) is 8.42 Å². The first kappa shape index (κ1) is 11.4. The summed E-state index contributed by atoms with van der Waals surface area (Å²) in [5.41, 5.74) is 0. The molecule has 2 rings (SSSR count). The van der Waals surface area contributed by atoms with Gasteiger partial charge in [0.15, 0.2) is 9.84 Å². The van der Waals surface area contributed by atoms with Crippen LogP contribution in [0.15, 0.2) is 0 Å². The first-order chi connectivity index (χ1) is 7.09. The van der Waals surface area contributed by atoms with Gasteiger partial charge in [0, 0.05) is 6.04 Å². The van der Waals surface area contributed by atoms with E-state index in [1.54, 1.807) is 0 Å². The molecule has 1 saturated carbocycles. The van der Waals surface area contributed by atoms with Gasteiger partial charge in [0.1, 0.15) is 0 Å². The van der Waals surface area contributed by atoms with E-state index in [0.717, 1.165) is 13.0 Å². The van der Waals surface area contributed by atoms with E-state index in [4.69, 9.17) is 0 Å². The van der Waals surface area contributed by atoms with E-state index in [1.807, 2.05) is 6.92 Å². The largest absolute Gasteiger partial charge is 0.313 e. The van der Waals surface area contributed by atoms with Crippen LogP contribution in [0, 0.1) is 5.92 Å². The van der Waals surface area contributed by atoms with Crippen molar-refractivity contribution in [1.82, 2.24) is 5.32 Å². The molecule has 2 unspecified atom stereocenters. The summed E-state index contributed by atoms with van der Waals surface area (Å²) < 4.78 is 23.9. The van der Waals surface area contributed by atoms with Gasteiger partial charge >= 0.3 is 0 Å². The lowest BCUT2D eigenvalue weighted by molar-refractivity contribution is 0.388. The zero-order valence-electron chi connectivity index (χ0n) is 9.41. The zero-order valence-corrected chi connectivity index (χ0v) is 10.2. The summed E-state index contributed by atoms with van der Waals surface area (Å²) in [6, 6.07) is 0.224. The van der Waals surface area contributed by atoms with Crippen molar-refractivity contribution in [2.45, 2.75) is 50.3 Å². The molecule has 0 aromatic rings. The Bertz CT molecular complexity index is 307. The van der Waals surface area contributed by atoms with Crippen molar-refractivity contribution in [3.63, 3.8) is 0 Å². The highest BCUT2D eigenvalue weighted by Crippen LogP contribution is 2.29. The molecule has 0 aromatic heterocycles. The first-order valence-corrected chi connectivity index (χ1v) is 7.76. The average Bonchev–Trinajstić information content (AvgIpc) is 2.64. The fraction of sp³-hybridized carbons (Fsp3) is 1.00. The van der Waals surface area contributed by atoms with E-state index in [-0.39, 0.29) is 11.3 Å². The monoisotopic (exact) mass is 231 g/mol. The van der Waals surface area contributed by atoms with E-state index in [9.17, 15) is 8.42 Å². The van der Waals surface area contributed by atoms with Crippen molar-refractivity contribution in [2.75, 3.05) is 12.3 Å². The molecule has 0 amide bonds. The Morgan fingerprint density at radius 1 is 1.13 bits per heavy atom.